The third kappa shape index (κ3) is 4.10. The molecule has 2 heterocycles. The summed E-state index contributed by atoms with van der Waals surface area (Å²) in [6.45, 7) is 2.76. The molecule has 142 valence electrons. The van der Waals surface area contributed by atoms with E-state index < -0.39 is 0 Å². The molecule has 0 aliphatic carbocycles. The SMILES string of the molecule is COc1ccccc1-c1nc(CSc2nnc(C)n2Cc2ccccc2)cs1. The van der Waals surface area contributed by atoms with Crippen molar-refractivity contribution < 1.29 is 4.74 Å². The molecule has 0 saturated carbocycles. The minimum Gasteiger partial charge on any atom is -0.496 e. The Kier molecular flexibility index (Phi) is 5.73. The Labute approximate surface area is 172 Å². The Hall–Kier alpha value is -2.64. The summed E-state index contributed by atoms with van der Waals surface area (Å²) >= 11 is 3.29. The van der Waals surface area contributed by atoms with Gasteiger partial charge in [0.15, 0.2) is 5.16 Å². The zero-order chi connectivity index (χ0) is 19.3. The van der Waals surface area contributed by atoms with Gasteiger partial charge in [0.05, 0.1) is 24.9 Å². The van der Waals surface area contributed by atoms with Crippen LogP contribution in [0.4, 0.5) is 0 Å². The standard InChI is InChI=1S/C21H20N4OS2/c1-15-23-24-21(25(15)12-16-8-4-3-5-9-16)28-14-17-13-27-20(22-17)18-10-6-7-11-19(18)26-2/h3-11,13H,12,14H2,1-2H3. The average Bonchev–Trinajstić information content (AvgIpc) is 3.34. The van der Waals surface area contributed by atoms with E-state index in [1.807, 2.05) is 37.3 Å². The Bertz CT molecular complexity index is 1060. The van der Waals surface area contributed by atoms with E-state index in [9.17, 15) is 0 Å². The normalized spacial score (nSPS) is 10.9. The second kappa shape index (κ2) is 8.58. The molecule has 5 nitrogen and oxygen atoms in total. The van der Waals surface area contributed by atoms with Crippen LogP contribution in [0, 0.1) is 6.92 Å². The molecule has 0 N–H and O–H groups in total. The molecular formula is C21H20N4OS2. The van der Waals surface area contributed by atoms with Crippen LogP contribution in [0.2, 0.25) is 0 Å². The molecule has 0 aliphatic heterocycles. The number of thioether (sulfide) groups is 1. The zero-order valence-corrected chi connectivity index (χ0v) is 17.3. The predicted molar refractivity (Wildman–Crippen MR) is 114 cm³/mol. The lowest BCUT2D eigenvalue weighted by Crippen LogP contribution is -2.03. The van der Waals surface area contributed by atoms with Gasteiger partial charge in [-0.3, -0.25) is 0 Å². The largest absolute Gasteiger partial charge is 0.496 e. The molecule has 7 heteroatoms. The van der Waals surface area contributed by atoms with E-state index in [-0.39, 0.29) is 0 Å². The van der Waals surface area contributed by atoms with Crippen LogP contribution in [0.15, 0.2) is 65.1 Å². The van der Waals surface area contributed by atoms with E-state index in [4.69, 9.17) is 9.72 Å². The fraction of sp³-hybridized carbons (Fsp3) is 0.190. The third-order valence-corrected chi connectivity index (χ3v) is 6.25. The van der Waals surface area contributed by atoms with Crippen molar-refractivity contribution >= 4 is 23.1 Å². The topological polar surface area (TPSA) is 52.8 Å². The quantitative estimate of drug-likeness (QED) is 0.400. The summed E-state index contributed by atoms with van der Waals surface area (Å²) in [6.07, 6.45) is 0. The zero-order valence-electron chi connectivity index (χ0n) is 15.7. The highest BCUT2D eigenvalue weighted by Crippen LogP contribution is 2.33. The number of aryl methyl sites for hydroxylation is 1. The highest BCUT2D eigenvalue weighted by Gasteiger charge is 2.13. The number of aromatic nitrogens is 4. The van der Waals surface area contributed by atoms with E-state index in [0.717, 1.165) is 45.3 Å². The third-order valence-electron chi connectivity index (χ3n) is 4.32. The van der Waals surface area contributed by atoms with Crippen LogP contribution in [0.3, 0.4) is 0 Å². The molecule has 0 saturated heterocycles. The number of ether oxygens (including phenoxy) is 1. The van der Waals surface area contributed by atoms with E-state index in [0.29, 0.717) is 0 Å². The van der Waals surface area contributed by atoms with Gasteiger partial charge in [0.25, 0.3) is 0 Å². The van der Waals surface area contributed by atoms with Gasteiger partial charge in [0.2, 0.25) is 0 Å². The van der Waals surface area contributed by atoms with Crippen LogP contribution in [0.5, 0.6) is 5.75 Å². The predicted octanol–water partition coefficient (Wildman–Crippen LogP) is 5.06. The Morgan fingerprint density at radius 1 is 1.04 bits per heavy atom. The van der Waals surface area contributed by atoms with Crippen LogP contribution in [-0.2, 0) is 12.3 Å². The summed E-state index contributed by atoms with van der Waals surface area (Å²) in [5, 5.41) is 12.6. The molecule has 0 amide bonds. The summed E-state index contributed by atoms with van der Waals surface area (Å²) in [5.74, 6) is 2.51. The minimum absolute atomic E-state index is 0.749. The Balaban J connectivity index is 1.48. The first kappa shape index (κ1) is 18.7. The van der Waals surface area contributed by atoms with Crippen LogP contribution in [-0.4, -0.2) is 26.9 Å². The van der Waals surface area contributed by atoms with Gasteiger partial charge in [-0.05, 0) is 24.6 Å². The lowest BCUT2D eigenvalue weighted by atomic mass is 10.2. The van der Waals surface area contributed by atoms with Gasteiger partial charge in [0, 0.05) is 11.1 Å². The van der Waals surface area contributed by atoms with Crippen molar-refractivity contribution in [3.63, 3.8) is 0 Å². The smallest absolute Gasteiger partial charge is 0.191 e. The molecule has 0 bridgehead atoms. The van der Waals surface area contributed by atoms with Gasteiger partial charge in [-0.1, -0.05) is 54.2 Å². The van der Waals surface area contributed by atoms with E-state index >= 15 is 0 Å². The number of benzene rings is 2. The lowest BCUT2D eigenvalue weighted by Gasteiger charge is -2.08. The molecule has 0 atom stereocenters. The number of thiazole rings is 1. The first-order valence-electron chi connectivity index (χ1n) is 8.89. The van der Waals surface area contributed by atoms with E-state index in [1.165, 1.54) is 5.56 Å². The number of rotatable bonds is 7. The highest BCUT2D eigenvalue weighted by atomic mass is 32.2. The Morgan fingerprint density at radius 2 is 1.82 bits per heavy atom. The van der Waals surface area contributed by atoms with Crippen molar-refractivity contribution in [3.8, 4) is 16.3 Å². The van der Waals surface area contributed by atoms with Gasteiger partial charge in [-0.25, -0.2) is 4.98 Å². The van der Waals surface area contributed by atoms with Crippen LogP contribution < -0.4 is 4.74 Å². The van der Waals surface area contributed by atoms with Crippen LogP contribution in [0.25, 0.3) is 10.6 Å². The minimum atomic E-state index is 0.749. The molecule has 4 aromatic rings. The maximum Gasteiger partial charge on any atom is 0.191 e. The van der Waals surface area contributed by atoms with E-state index in [1.54, 1.807) is 30.2 Å². The lowest BCUT2D eigenvalue weighted by molar-refractivity contribution is 0.416. The van der Waals surface area contributed by atoms with Gasteiger partial charge in [-0.15, -0.1) is 21.5 Å². The number of nitrogens with zero attached hydrogens (tertiary/aromatic N) is 4. The van der Waals surface area contributed by atoms with Gasteiger partial charge >= 0.3 is 0 Å². The molecule has 0 radical (unpaired) electrons. The van der Waals surface area contributed by atoms with Crippen molar-refractivity contribution in [1.29, 1.82) is 0 Å². The van der Waals surface area contributed by atoms with Crippen molar-refractivity contribution in [1.82, 2.24) is 19.7 Å². The molecule has 0 spiro atoms. The van der Waals surface area contributed by atoms with Crippen molar-refractivity contribution in [2.75, 3.05) is 7.11 Å². The second-order valence-corrected chi connectivity index (χ2v) is 8.04. The monoisotopic (exact) mass is 408 g/mol. The van der Waals surface area contributed by atoms with Crippen molar-refractivity contribution in [3.05, 3.63) is 77.1 Å². The molecule has 28 heavy (non-hydrogen) atoms. The molecule has 2 aromatic heterocycles. The number of hydrogen-bond acceptors (Lipinski definition) is 6. The second-order valence-electron chi connectivity index (χ2n) is 6.23. The first-order valence-corrected chi connectivity index (χ1v) is 10.8. The van der Waals surface area contributed by atoms with E-state index in [2.05, 4.69) is 44.4 Å². The van der Waals surface area contributed by atoms with Crippen molar-refractivity contribution in [2.24, 2.45) is 0 Å². The van der Waals surface area contributed by atoms with Gasteiger partial charge in [0.1, 0.15) is 16.6 Å². The van der Waals surface area contributed by atoms with Gasteiger partial charge in [-0.2, -0.15) is 0 Å². The molecule has 0 fully saturated rings. The molecule has 0 aliphatic rings. The summed E-state index contributed by atoms with van der Waals surface area (Å²) in [7, 11) is 1.69. The average molecular weight is 409 g/mol. The molecule has 0 unspecified atom stereocenters. The maximum atomic E-state index is 5.45. The van der Waals surface area contributed by atoms with Crippen LogP contribution in [0.1, 0.15) is 17.1 Å². The summed E-state index contributed by atoms with van der Waals surface area (Å²) in [5.41, 5.74) is 3.29. The Morgan fingerprint density at radius 3 is 2.64 bits per heavy atom. The summed E-state index contributed by atoms with van der Waals surface area (Å²) < 4.78 is 7.60. The molecule has 4 rings (SSSR count). The van der Waals surface area contributed by atoms with Gasteiger partial charge < -0.3 is 9.30 Å². The van der Waals surface area contributed by atoms with Crippen molar-refractivity contribution in [2.45, 2.75) is 24.4 Å². The highest BCUT2D eigenvalue weighted by molar-refractivity contribution is 7.98. The first-order chi connectivity index (χ1) is 13.7. The maximum absolute atomic E-state index is 5.45. The molecular weight excluding hydrogens is 388 g/mol. The summed E-state index contributed by atoms with van der Waals surface area (Å²) in [6, 6.07) is 18.3. The summed E-state index contributed by atoms with van der Waals surface area (Å²) in [4.78, 5) is 4.78. The number of hydrogen-bond donors (Lipinski definition) is 0. The number of para-hydroxylation sites is 1. The molecule has 2 aromatic carbocycles. The van der Waals surface area contributed by atoms with Crippen LogP contribution >= 0.6 is 23.1 Å². The fourth-order valence-corrected chi connectivity index (χ4v) is 4.70. The fourth-order valence-electron chi connectivity index (χ4n) is 2.87. The number of methoxy groups -OCH3 is 1.